The average molecular weight is 534 g/mol. The number of imide groups is 1. The summed E-state index contributed by atoms with van der Waals surface area (Å²) in [5, 5.41) is 5.38. The lowest BCUT2D eigenvalue weighted by atomic mass is 10.1. The Kier molecular flexibility index (Phi) is 8.08. The van der Waals surface area contributed by atoms with Gasteiger partial charge >= 0.3 is 5.97 Å². The quantitative estimate of drug-likeness (QED) is 0.295. The zero-order valence-electron chi connectivity index (χ0n) is 20.6. The van der Waals surface area contributed by atoms with Crippen LogP contribution in [0.5, 0.6) is 5.75 Å². The van der Waals surface area contributed by atoms with Crippen LogP contribution in [-0.4, -0.2) is 36.9 Å². The van der Waals surface area contributed by atoms with Crippen LogP contribution in [0.4, 0.5) is 17.1 Å². The Hall–Kier alpha value is -4.63. The van der Waals surface area contributed by atoms with E-state index in [0.717, 1.165) is 4.90 Å². The van der Waals surface area contributed by atoms with Gasteiger partial charge in [-0.25, -0.2) is 9.69 Å². The van der Waals surface area contributed by atoms with Crippen molar-refractivity contribution < 1.29 is 28.7 Å². The number of nitrogens with one attached hydrogen (secondary N) is 2. The second-order valence-electron chi connectivity index (χ2n) is 7.99. The van der Waals surface area contributed by atoms with Gasteiger partial charge in [-0.3, -0.25) is 14.4 Å². The molecule has 9 nitrogen and oxygen atoms in total. The smallest absolute Gasteiger partial charge is 0.338 e. The summed E-state index contributed by atoms with van der Waals surface area (Å²) in [7, 11) is 0. The molecule has 0 saturated heterocycles. The van der Waals surface area contributed by atoms with E-state index in [0.29, 0.717) is 29.3 Å². The van der Waals surface area contributed by atoms with Crippen LogP contribution in [0.1, 0.15) is 34.6 Å². The van der Waals surface area contributed by atoms with Crippen LogP contribution in [0.3, 0.4) is 0 Å². The molecule has 0 fully saturated rings. The van der Waals surface area contributed by atoms with E-state index >= 15 is 0 Å². The Balaban J connectivity index is 1.50. The van der Waals surface area contributed by atoms with E-state index < -0.39 is 23.7 Å². The minimum atomic E-state index is -0.718. The van der Waals surface area contributed by atoms with Crippen LogP contribution < -0.4 is 20.3 Å². The van der Waals surface area contributed by atoms with Crippen LogP contribution >= 0.6 is 11.6 Å². The number of nitrogens with zero attached hydrogens (tertiary/aromatic N) is 1. The number of benzene rings is 3. The van der Waals surface area contributed by atoms with Crippen LogP contribution in [-0.2, 0) is 14.3 Å². The SMILES string of the molecule is CCOC(=O)c1ccc(N2C(=O)C(Cl)=C(Nc3cccc(C(=O)Nc4ccccc4OCC)c3)C2=O)cc1. The van der Waals surface area contributed by atoms with Crippen molar-refractivity contribution in [2.45, 2.75) is 13.8 Å². The summed E-state index contributed by atoms with van der Waals surface area (Å²) >= 11 is 6.24. The normalized spacial score (nSPS) is 13.0. The fourth-order valence-corrected chi connectivity index (χ4v) is 3.95. The first-order valence-electron chi connectivity index (χ1n) is 11.8. The van der Waals surface area contributed by atoms with Gasteiger partial charge in [0.1, 0.15) is 16.5 Å². The predicted molar refractivity (Wildman–Crippen MR) is 143 cm³/mol. The monoisotopic (exact) mass is 533 g/mol. The number of carbonyl (C=O) groups is 4. The molecule has 194 valence electrons. The maximum Gasteiger partial charge on any atom is 0.338 e. The molecule has 10 heteroatoms. The number of halogens is 1. The molecule has 2 N–H and O–H groups in total. The Bertz CT molecular complexity index is 1430. The molecular weight excluding hydrogens is 510 g/mol. The Morgan fingerprint density at radius 2 is 1.61 bits per heavy atom. The number of amides is 3. The van der Waals surface area contributed by atoms with Gasteiger partial charge in [-0.1, -0.05) is 29.8 Å². The van der Waals surface area contributed by atoms with E-state index in [4.69, 9.17) is 21.1 Å². The first-order valence-corrected chi connectivity index (χ1v) is 12.2. The molecule has 3 aromatic rings. The van der Waals surface area contributed by atoms with Gasteiger partial charge in [0, 0.05) is 11.3 Å². The summed E-state index contributed by atoms with van der Waals surface area (Å²) in [6.45, 7) is 4.21. The molecule has 4 rings (SSSR count). The molecule has 0 aromatic heterocycles. The summed E-state index contributed by atoms with van der Waals surface area (Å²) in [5.41, 5.74) is 1.59. The second-order valence-corrected chi connectivity index (χ2v) is 8.37. The molecule has 0 spiro atoms. The number of hydrogen-bond acceptors (Lipinski definition) is 7. The van der Waals surface area contributed by atoms with Gasteiger partial charge in [0.25, 0.3) is 17.7 Å². The Labute approximate surface area is 224 Å². The van der Waals surface area contributed by atoms with Crippen molar-refractivity contribution in [3.8, 4) is 5.75 Å². The number of ether oxygens (including phenoxy) is 2. The first kappa shape index (κ1) is 26.4. The molecule has 3 aromatic carbocycles. The Morgan fingerprint density at radius 3 is 2.32 bits per heavy atom. The number of esters is 1. The highest BCUT2D eigenvalue weighted by atomic mass is 35.5. The van der Waals surface area contributed by atoms with Crippen molar-refractivity contribution in [1.29, 1.82) is 0 Å². The standard InChI is InChI=1S/C28H24ClN3O6/c1-3-37-22-11-6-5-10-21(22)31-25(33)18-8-7-9-19(16-18)30-24-23(29)26(34)32(27(24)35)20-14-12-17(13-15-20)28(36)38-4-2/h5-16,30H,3-4H2,1-2H3,(H,31,33). The molecular formula is C28H24ClN3O6. The largest absolute Gasteiger partial charge is 0.492 e. The number of para-hydroxylation sites is 2. The molecule has 1 aliphatic rings. The molecule has 0 bridgehead atoms. The van der Waals surface area contributed by atoms with Crippen LogP contribution in [0, 0.1) is 0 Å². The summed E-state index contributed by atoms with van der Waals surface area (Å²) in [6, 6.07) is 19.3. The summed E-state index contributed by atoms with van der Waals surface area (Å²) in [4.78, 5) is 51.6. The predicted octanol–water partition coefficient (Wildman–Crippen LogP) is 4.95. The van der Waals surface area contributed by atoms with Crippen molar-refractivity contribution in [2.24, 2.45) is 0 Å². The van der Waals surface area contributed by atoms with Gasteiger partial charge in [0.05, 0.1) is 30.2 Å². The third kappa shape index (κ3) is 5.52. The van der Waals surface area contributed by atoms with E-state index in [1.807, 2.05) is 6.92 Å². The first-order chi connectivity index (χ1) is 18.3. The molecule has 1 aliphatic heterocycles. The second kappa shape index (κ2) is 11.6. The van der Waals surface area contributed by atoms with Gasteiger partial charge in [-0.2, -0.15) is 0 Å². The van der Waals surface area contributed by atoms with Crippen LogP contribution in [0.15, 0.2) is 83.5 Å². The molecule has 3 amide bonds. The molecule has 38 heavy (non-hydrogen) atoms. The van der Waals surface area contributed by atoms with Gasteiger partial charge < -0.3 is 20.1 Å². The third-order valence-electron chi connectivity index (χ3n) is 5.49. The van der Waals surface area contributed by atoms with Crippen molar-refractivity contribution in [3.05, 3.63) is 94.7 Å². The molecule has 0 radical (unpaired) electrons. The van der Waals surface area contributed by atoms with E-state index in [-0.39, 0.29) is 28.6 Å². The summed E-state index contributed by atoms with van der Waals surface area (Å²) in [6.07, 6.45) is 0. The van der Waals surface area contributed by atoms with Crippen molar-refractivity contribution in [3.63, 3.8) is 0 Å². The molecule has 1 heterocycles. The van der Waals surface area contributed by atoms with E-state index in [1.54, 1.807) is 49.4 Å². The fourth-order valence-electron chi connectivity index (χ4n) is 3.74. The topological polar surface area (TPSA) is 114 Å². The summed E-state index contributed by atoms with van der Waals surface area (Å²) < 4.78 is 10.5. The highest BCUT2D eigenvalue weighted by Gasteiger charge is 2.39. The fraction of sp³-hybridized carbons (Fsp3) is 0.143. The maximum atomic E-state index is 13.1. The highest BCUT2D eigenvalue weighted by Crippen LogP contribution is 2.31. The average Bonchev–Trinajstić information content (AvgIpc) is 3.13. The van der Waals surface area contributed by atoms with E-state index in [9.17, 15) is 19.2 Å². The maximum absolute atomic E-state index is 13.1. The molecule has 0 unspecified atom stereocenters. The van der Waals surface area contributed by atoms with Crippen LogP contribution in [0.2, 0.25) is 0 Å². The van der Waals surface area contributed by atoms with Gasteiger partial charge in [0.2, 0.25) is 0 Å². The summed E-state index contributed by atoms with van der Waals surface area (Å²) in [5.74, 6) is -1.76. The van der Waals surface area contributed by atoms with Crippen molar-refractivity contribution >= 4 is 52.4 Å². The minimum absolute atomic E-state index is 0.134. The zero-order valence-corrected chi connectivity index (χ0v) is 21.4. The number of rotatable bonds is 9. The van der Waals surface area contributed by atoms with Gasteiger partial charge in [-0.15, -0.1) is 0 Å². The molecule has 0 aliphatic carbocycles. The molecule has 0 saturated carbocycles. The van der Waals surface area contributed by atoms with Gasteiger partial charge in [0.15, 0.2) is 0 Å². The van der Waals surface area contributed by atoms with E-state index in [2.05, 4.69) is 10.6 Å². The van der Waals surface area contributed by atoms with Gasteiger partial charge in [-0.05, 0) is 68.4 Å². The number of anilines is 3. The lowest BCUT2D eigenvalue weighted by molar-refractivity contribution is -0.120. The number of carbonyl (C=O) groups excluding carboxylic acids is 4. The van der Waals surface area contributed by atoms with E-state index in [1.165, 1.54) is 30.3 Å². The van der Waals surface area contributed by atoms with Crippen molar-refractivity contribution in [1.82, 2.24) is 0 Å². The highest BCUT2D eigenvalue weighted by molar-refractivity contribution is 6.53. The number of hydrogen-bond donors (Lipinski definition) is 2. The molecule has 0 atom stereocenters. The minimum Gasteiger partial charge on any atom is -0.492 e. The lowest BCUT2D eigenvalue weighted by Gasteiger charge is -2.16. The lowest BCUT2D eigenvalue weighted by Crippen LogP contribution is -2.32. The zero-order chi connectivity index (χ0) is 27.2. The third-order valence-corrected chi connectivity index (χ3v) is 5.84. The Morgan fingerprint density at radius 1 is 0.868 bits per heavy atom. The van der Waals surface area contributed by atoms with Crippen LogP contribution in [0.25, 0.3) is 0 Å². The van der Waals surface area contributed by atoms with Crippen molar-refractivity contribution in [2.75, 3.05) is 28.7 Å².